The van der Waals surface area contributed by atoms with E-state index in [-0.39, 0.29) is 0 Å². The summed E-state index contributed by atoms with van der Waals surface area (Å²) >= 11 is 0. The smallest absolute Gasteiger partial charge is 0.122 e. The lowest BCUT2D eigenvalue weighted by Gasteiger charge is -1.98. The summed E-state index contributed by atoms with van der Waals surface area (Å²) in [5.41, 5.74) is 0. The zero-order valence-corrected chi connectivity index (χ0v) is 7.37. The molecule has 11 heavy (non-hydrogen) atoms. The highest BCUT2D eigenvalue weighted by molar-refractivity contribution is 5.16. The first kappa shape index (κ1) is 9.95. The van der Waals surface area contributed by atoms with Crippen molar-refractivity contribution in [2.45, 2.75) is 20.8 Å². The largest absolute Gasteiger partial charge is 0.494 e. The molecule has 1 rings (SSSR count). The van der Waals surface area contributed by atoms with Gasteiger partial charge in [0.1, 0.15) is 5.75 Å². The van der Waals surface area contributed by atoms with Crippen LogP contribution in [0.2, 0.25) is 0 Å². The molecule has 0 unspecified atom stereocenters. The summed E-state index contributed by atoms with van der Waals surface area (Å²) in [7, 11) is 0. The molecule has 1 aromatic rings. The molecule has 0 bridgehead atoms. The van der Waals surface area contributed by atoms with Crippen LogP contribution in [0.25, 0.3) is 0 Å². The number of nitrogens with zero attached hydrogens (tertiary/aromatic N) is 1. The third kappa shape index (κ3) is 4.37. The molecule has 0 saturated heterocycles. The standard InChI is InChI=1S/C7H9NO.C2H6/c1-2-9-7-3-5-8-6-4-7;1-2/h3-6H,2H2,1H3;1-2H3. The predicted octanol–water partition coefficient (Wildman–Crippen LogP) is 2.51. The Morgan fingerprint density at radius 2 is 1.82 bits per heavy atom. The maximum Gasteiger partial charge on any atom is 0.122 e. The van der Waals surface area contributed by atoms with Gasteiger partial charge in [0.2, 0.25) is 0 Å². The van der Waals surface area contributed by atoms with Gasteiger partial charge in [-0.2, -0.15) is 0 Å². The van der Waals surface area contributed by atoms with Crippen LogP contribution in [-0.2, 0) is 0 Å². The molecule has 0 atom stereocenters. The Morgan fingerprint density at radius 1 is 1.27 bits per heavy atom. The van der Waals surface area contributed by atoms with Crippen LogP contribution in [-0.4, -0.2) is 11.6 Å². The summed E-state index contributed by atoms with van der Waals surface area (Å²) in [6, 6.07) is 3.67. The molecule has 0 spiro atoms. The lowest BCUT2D eigenvalue weighted by molar-refractivity contribution is 0.340. The predicted molar refractivity (Wildman–Crippen MR) is 46.8 cm³/mol. The Labute approximate surface area is 68.2 Å². The van der Waals surface area contributed by atoms with Crippen molar-refractivity contribution in [2.24, 2.45) is 0 Å². The molecule has 1 aromatic heterocycles. The van der Waals surface area contributed by atoms with Crippen LogP contribution >= 0.6 is 0 Å². The monoisotopic (exact) mass is 153 g/mol. The molecule has 0 aliphatic rings. The number of pyridine rings is 1. The lowest BCUT2D eigenvalue weighted by Crippen LogP contribution is -1.89. The van der Waals surface area contributed by atoms with Gasteiger partial charge >= 0.3 is 0 Å². The molecule has 0 aliphatic heterocycles. The fraction of sp³-hybridized carbons (Fsp3) is 0.444. The van der Waals surface area contributed by atoms with Crippen LogP contribution < -0.4 is 4.74 Å². The normalized spacial score (nSPS) is 7.91. The third-order valence-electron chi connectivity index (χ3n) is 0.961. The van der Waals surface area contributed by atoms with Crippen LogP contribution in [0.3, 0.4) is 0 Å². The van der Waals surface area contributed by atoms with Crippen molar-refractivity contribution >= 4 is 0 Å². The van der Waals surface area contributed by atoms with Gasteiger partial charge in [0, 0.05) is 12.4 Å². The van der Waals surface area contributed by atoms with E-state index in [1.165, 1.54) is 0 Å². The van der Waals surface area contributed by atoms with Gasteiger partial charge in [-0.05, 0) is 19.1 Å². The average molecular weight is 153 g/mol. The molecule has 0 aliphatic carbocycles. The Kier molecular flexibility index (Phi) is 6.39. The van der Waals surface area contributed by atoms with Crippen molar-refractivity contribution in [3.8, 4) is 5.75 Å². The van der Waals surface area contributed by atoms with E-state index in [9.17, 15) is 0 Å². The zero-order chi connectivity index (χ0) is 8.53. The number of ether oxygens (including phenoxy) is 1. The fourth-order valence-corrected chi connectivity index (χ4v) is 0.601. The zero-order valence-electron chi connectivity index (χ0n) is 7.37. The van der Waals surface area contributed by atoms with Crippen molar-refractivity contribution < 1.29 is 4.74 Å². The minimum Gasteiger partial charge on any atom is -0.494 e. The SMILES string of the molecule is CC.CCOc1ccncc1. The summed E-state index contributed by atoms with van der Waals surface area (Å²) in [5.74, 6) is 0.882. The highest BCUT2D eigenvalue weighted by Crippen LogP contribution is 2.05. The van der Waals surface area contributed by atoms with Gasteiger partial charge in [-0.15, -0.1) is 0 Å². The van der Waals surface area contributed by atoms with E-state index in [2.05, 4.69) is 4.98 Å². The van der Waals surface area contributed by atoms with Crippen molar-refractivity contribution in [1.29, 1.82) is 0 Å². The van der Waals surface area contributed by atoms with Crippen LogP contribution in [0.1, 0.15) is 20.8 Å². The van der Waals surface area contributed by atoms with Crippen LogP contribution in [0.15, 0.2) is 24.5 Å². The maximum atomic E-state index is 5.17. The van der Waals surface area contributed by atoms with E-state index in [1.807, 2.05) is 32.9 Å². The second-order valence-corrected chi connectivity index (χ2v) is 1.62. The summed E-state index contributed by atoms with van der Waals surface area (Å²) in [5, 5.41) is 0. The molecule has 2 nitrogen and oxygen atoms in total. The van der Waals surface area contributed by atoms with Crippen molar-refractivity contribution in [3.63, 3.8) is 0 Å². The number of hydrogen-bond donors (Lipinski definition) is 0. The van der Waals surface area contributed by atoms with Crippen molar-refractivity contribution in [2.75, 3.05) is 6.61 Å². The molecule has 2 heteroatoms. The lowest BCUT2D eigenvalue weighted by atomic mass is 10.5. The molecular formula is C9H15NO. The second-order valence-electron chi connectivity index (χ2n) is 1.62. The minimum atomic E-state index is 0.712. The molecule has 0 radical (unpaired) electrons. The fourth-order valence-electron chi connectivity index (χ4n) is 0.601. The van der Waals surface area contributed by atoms with Gasteiger partial charge in [0.15, 0.2) is 0 Å². The summed E-state index contributed by atoms with van der Waals surface area (Å²) in [6.07, 6.45) is 3.43. The Balaban J connectivity index is 0.000000461. The molecule has 62 valence electrons. The average Bonchev–Trinajstić information content (AvgIpc) is 2.11. The molecular weight excluding hydrogens is 138 g/mol. The van der Waals surface area contributed by atoms with Crippen molar-refractivity contribution in [3.05, 3.63) is 24.5 Å². The van der Waals surface area contributed by atoms with Gasteiger partial charge < -0.3 is 4.74 Å². The Bertz CT molecular complexity index is 162. The Hall–Kier alpha value is -1.05. The van der Waals surface area contributed by atoms with Gasteiger partial charge in [-0.1, -0.05) is 13.8 Å². The topological polar surface area (TPSA) is 22.1 Å². The quantitative estimate of drug-likeness (QED) is 0.651. The summed E-state index contributed by atoms with van der Waals surface area (Å²) in [4.78, 5) is 3.85. The van der Waals surface area contributed by atoms with Gasteiger partial charge in [0.25, 0.3) is 0 Å². The van der Waals surface area contributed by atoms with E-state index in [0.717, 1.165) is 5.75 Å². The van der Waals surface area contributed by atoms with E-state index >= 15 is 0 Å². The maximum absolute atomic E-state index is 5.17. The number of aromatic nitrogens is 1. The van der Waals surface area contributed by atoms with Gasteiger partial charge in [-0.3, -0.25) is 4.98 Å². The molecule has 0 amide bonds. The second kappa shape index (κ2) is 7.06. The van der Waals surface area contributed by atoms with E-state index in [0.29, 0.717) is 6.61 Å². The molecule has 0 saturated carbocycles. The van der Waals surface area contributed by atoms with E-state index in [4.69, 9.17) is 4.74 Å². The van der Waals surface area contributed by atoms with Crippen LogP contribution in [0.5, 0.6) is 5.75 Å². The first-order chi connectivity index (χ1) is 5.43. The van der Waals surface area contributed by atoms with Crippen LogP contribution in [0, 0.1) is 0 Å². The van der Waals surface area contributed by atoms with E-state index in [1.54, 1.807) is 12.4 Å². The molecule has 0 fully saturated rings. The Morgan fingerprint density at radius 3 is 2.27 bits per heavy atom. The molecule has 0 N–H and O–H groups in total. The summed E-state index contributed by atoms with van der Waals surface area (Å²) in [6.45, 7) is 6.67. The summed E-state index contributed by atoms with van der Waals surface area (Å²) < 4.78 is 5.17. The highest BCUT2D eigenvalue weighted by atomic mass is 16.5. The molecule has 1 heterocycles. The van der Waals surface area contributed by atoms with E-state index < -0.39 is 0 Å². The highest BCUT2D eigenvalue weighted by Gasteiger charge is 1.84. The first-order valence-electron chi connectivity index (χ1n) is 3.96. The van der Waals surface area contributed by atoms with Crippen molar-refractivity contribution in [1.82, 2.24) is 4.98 Å². The first-order valence-corrected chi connectivity index (χ1v) is 3.96. The third-order valence-corrected chi connectivity index (χ3v) is 0.961. The van der Waals surface area contributed by atoms with Gasteiger partial charge in [-0.25, -0.2) is 0 Å². The van der Waals surface area contributed by atoms with Gasteiger partial charge in [0.05, 0.1) is 6.61 Å². The van der Waals surface area contributed by atoms with Crippen LogP contribution in [0.4, 0.5) is 0 Å². The number of rotatable bonds is 2. The molecule has 0 aromatic carbocycles. The number of hydrogen-bond acceptors (Lipinski definition) is 2. The minimum absolute atomic E-state index is 0.712.